The van der Waals surface area contributed by atoms with Crippen molar-refractivity contribution in [2.24, 2.45) is 0 Å². The van der Waals surface area contributed by atoms with Gasteiger partial charge in [-0.1, -0.05) is 6.42 Å². The smallest absolute Gasteiger partial charge is 0.234 e. The normalized spacial score (nSPS) is 30.7. The Balaban J connectivity index is 1.38. The van der Waals surface area contributed by atoms with Crippen LogP contribution in [0.5, 0.6) is 0 Å². The third kappa shape index (κ3) is 4.67. The fourth-order valence-corrected chi connectivity index (χ4v) is 4.02. The Morgan fingerprint density at radius 1 is 1.05 bits per heavy atom. The van der Waals surface area contributed by atoms with Crippen LogP contribution in [0.4, 0.5) is 0 Å². The van der Waals surface area contributed by atoms with Crippen LogP contribution in [0, 0.1) is 0 Å². The maximum atomic E-state index is 12.2. The molecule has 0 radical (unpaired) electrons. The SMILES string of the molecule is O=C(CN1CCC[C@H]1CN1CCCCC1)NC[C@@H]1CCCO1. The van der Waals surface area contributed by atoms with E-state index in [4.69, 9.17) is 4.74 Å². The molecule has 3 saturated heterocycles. The minimum absolute atomic E-state index is 0.168. The van der Waals surface area contributed by atoms with Crippen molar-refractivity contribution in [3.05, 3.63) is 0 Å². The molecule has 3 aliphatic heterocycles. The van der Waals surface area contributed by atoms with E-state index >= 15 is 0 Å². The van der Waals surface area contributed by atoms with Gasteiger partial charge in [0.1, 0.15) is 0 Å². The first kappa shape index (κ1) is 16.2. The Morgan fingerprint density at radius 2 is 1.91 bits per heavy atom. The van der Waals surface area contributed by atoms with Gasteiger partial charge in [0.15, 0.2) is 0 Å². The number of nitrogens with one attached hydrogen (secondary N) is 1. The zero-order valence-corrected chi connectivity index (χ0v) is 13.8. The molecule has 0 bridgehead atoms. The predicted molar refractivity (Wildman–Crippen MR) is 86.9 cm³/mol. The quantitative estimate of drug-likeness (QED) is 0.802. The highest BCUT2D eigenvalue weighted by atomic mass is 16.5. The van der Waals surface area contributed by atoms with Gasteiger partial charge in [-0.15, -0.1) is 0 Å². The number of ether oxygens (including phenoxy) is 1. The molecule has 0 aromatic heterocycles. The fourth-order valence-electron chi connectivity index (χ4n) is 4.02. The first-order valence-corrected chi connectivity index (χ1v) is 9.16. The molecule has 1 amide bonds. The van der Waals surface area contributed by atoms with Crippen LogP contribution in [0.25, 0.3) is 0 Å². The van der Waals surface area contributed by atoms with Crippen molar-refractivity contribution in [2.45, 2.75) is 57.1 Å². The lowest BCUT2D eigenvalue weighted by Gasteiger charge is -2.32. The van der Waals surface area contributed by atoms with E-state index in [2.05, 4.69) is 15.1 Å². The Labute approximate surface area is 134 Å². The van der Waals surface area contributed by atoms with Crippen LogP contribution in [0.2, 0.25) is 0 Å². The molecule has 0 unspecified atom stereocenters. The maximum absolute atomic E-state index is 12.2. The van der Waals surface area contributed by atoms with Crippen LogP contribution in [0.15, 0.2) is 0 Å². The molecule has 0 aromatic rings. The van der Waals surface area contributed by atoms with Gasteiger partial charge in [0.2, 0.25) is 5.91 Å². The van der Waals surface area contributed by atoms with Crippen molar-refractivity contribution in [1.82, 2.24) is 15.1 Å². The molecule has 5 nitrogen and oxygen atoms in total. The first-order chi connectivity index (χ1) is 10.8. The number of piperidine rings is 1. The van der Waals surface area contributed by atoms with E-state index < -0.39 is 0 Å². The molecule has 3 heterocycles. The summed E-state index contributed by atoms with van der Waals surface area (Å²) < 4.78 is 5.56. The molecule has 3 fully saturated rings. The van der Waals surface area contributed by atoms with E-state index in [1.807, 2.05) is 0 Å². The number of likely N-dealkylation sites (tertiary alicyclic amines) is 2. The van der Waals surface area contributed by atoms with E-state index in [0.717, 1.165) is 32.5 Å². The predicted octanol–water partition coefficient (Wildman–Crippen LogP) is 1.23. The summed E-state index contributed by atoms with van der Waals surface area (Å²) in [7, 11) is 0. The van der Waals surface area contributed by atoms with Crippen molar-refractivity contribution in [2.75, 3.05) is 45.9 Å². The zero-order chi connectivity index (χ0) is 15.2. The van der Waals surface area contributed by atoms with Crippen molar-refractivity contribution >= 4 is 5.91 Å². The molecular weight excluding hydrogens is 278 g/mol. The average molecular weight is 309 g/mol. The monoisotopic (exact) mass is 309 g/mol. The molecule has 1 N–H and O–H groups in total. The second-order valence-electron chi connectivity index (χ2n) is 7.07. The number of amides is 1. The summed E-state index contributed by atoms with van der Waals surface area (Å²) in [5.41, 5.74) is 0. The van der Waals surface area contributed by atoms with Crippen LogP contribution in [-0.2, 0) is 9.53 Å². The summed E-state index contributed by atoms with van der Waals surface area (Å²) in [6, 6.07) is 0.576. The number of carbonyl (C=O) groups is 1. The van der Waals surface area contributed by atoms with Gasteiger partial charge in [0.05, 0.1) is 12.6 Å². The third-order valence-electron chi connectivity index (χ3n) is 5.31. The average Bonchev–Trinajstić information content (AvgIpc) is 3.19. The summed E-state index contributed by atoms with van der Waals surface area (Å²) >= 11 is 0. The van der Waals surface area contributed by atoms with Crippen LogP contribution >= 0.6 is 0 Å². The van der Waals surface area contributed by atoms with E-state index in [1.54, 1.807) is 0 Å². The van der Waals surface area contributed by atoms with E-state index in [9.17, 15) is 4.79 Å². The molecule has 0 aliphatic carbocycles. The van der Waals surface area contributed by atoms with E-state index in [0.29, 0.717) is 19.1 Å². The summed E-state index contributed by atoms with van der Waals surface area (Å²) in [5.74, 6) is 0.168. The van der Waals surface area contributed by atoms with E-state index in [1.165, 1.54) is 45.2 Å². The number of hydrogen-bond acceptors (Lipinski definition) is 4. The Kier molecular flexibility index (Phi) is 6.10. The van der Waals surface area contributed by atoms with Crippen molar-refractivity contribution < 1.29 is 9.53 Å². The Hall–Kier alpha value is -0.650. The van der Waals surface area contributed by atoms with Gasteiger partial charge >= 0.3 is 0 Å². The Bertz CT molecular complexity index is 352. The number of nitrogens with zero attached hydrogens (tertiary/aromatic N) is 2. The molecule has 3 rings (SSSR count). The maximum Gasteiger partial charge on any atom is 0.234 e. The number of hydrogen-bond donors (Lipinski definition) is 1. The molecule has 0 aromatic carbocycles. The molecule has 0 saturated carbocycles. The molecule has 22 heavy (non-hydrogen) atoms. The summed E-state index contributed by atoms with van der Waals surface area (Å²) in [6.45, 7) is 6.81. The summed E-state index contributed by atoms with van der Waals surface area (Å²) in [6.07, 6.45) is 9.01. The fraction of sp³-hybridized carbons (Fsp3) is 0.941. The van der Waals surface area contributed by atoms with Gasteiger partial charge in [-0.3, -0.25) is 9.69 Å². The molecule has 0 spiro atoms. The molecule has 126 valence electrons. The molecular formula is C17H31N3O2. The van der Waals surface area contributed by atoms with Gasteiger partial charge in [0.25, 0.3) is 0 Å². The topological polar surface area (TPSA) is 44.8 Å². The zero-order valence-electron chi connectivity index (χ0n) is 13.8. The number of rotatable bonds is 6. The number of carbonyl (C=O) groups excluding carboxylic acids is 1. The van der Waals surface area contributed by atoms with Crippen LogP contribution in [0.1, 0.15) is 44.9 Å². The van der Waals surface area contributed by atoms with Gasteiger partial charge in [-0.05, 0) is 58.2 Å². The lowest BCUT2D eigenvalue weighted by atomic mass is 10.1. The molecule has 5 heteroatoms. The first-order valence-electron chi connectivity index (χ1n) is 9.16. The van der Waals surface area contributed by atoms with Crippen LogP contribution in [-0.4, -0.2) is 73.7 Å². The van der Waals surface area contributed by atoms with Gasteiger partial charge < -0.3 is 15.0 Å². The van der Waals surface area contributed by atoms with Crippen LogP contribution in [0.3, 0.4) is 0 Å². The highest BCUT2D eigenvalue weighted by Gasteiger charge is 2.28. The molecule has 2 atom stereocenters. The highest BCUT2D eigenvalue weighted by molar-refractivity contribution is 5.78. The second kappa shape index (κ2) is 8.27. The van der Waals surface area contributed by atoms with Crippen LogP contribution < -0.4 is 5.32 Å². The highest BCUT2D eigenvalue weighted by Crippen LogP contribution is 2.20. The van der Waals surface area contributed by atoms with Crippen molar-refractivity contribution in [3.63, 3.8) is 0 Å². The second-order valence-corrected chi connectivity index (χ2v) is 7.07. The third-order valence-corrected chi connectivity index (χ3v) is 5.31. The van der Waals surface area contributed by atoms with Crippen molar-refractivity contribution in [3.8, 4) is 0 Å². The minimum atomic E-state index is 0.168. The van der Waals surface area contributed by atoms with Gasteiger partial charge in [-0.25, -0.2) is 0 Å². The standard InChI is InChI=1S/C17H31N3O2/c21-17(18-12-16-7-5-11-22-16)14-20-10-4-6-15(20)13-19-8-2-1-3-9-19/h15-16H,1-14H2,(H,18,21)/t15-,16-/m0/s1. The lowest BCUT2D eigenvalue weighted by Crippen LogP contribution is -2.46. The van der Waals surface area contributed by atoms with Gasteiger partial charge in [0, 0.05) is 25.7 Å². The van der Waals surface area contributed by atoms with Crippen molar-refractivity contribution in [1.29, 1.82) is 0 Å². The minimum Gasteiger partial charge on any atom is -0.376 e. The lowest BCUT2D eigenvalue weighted by molar-refractivity contribution is -0.123. The molecule has 3 aliphatic rings. The van der Waals surface area contributed by atoms with E-state index in [-0.39, 0.29) is 12.0 Å². The van der Waals surface area contributed by atoms with Gasteiger partial charge in [-0.2, -0.15) is 0 Å². The summed E-state index contributed by atoms with van der Waals surface area (Å²) in [5, 5.41) is 3.06. The Morgan fingerprint density at radius 3 is 2.68 bits per heavy atom. The largest absolute Gasteiger partial charge is 0.376 e. The summed E-state index contributed by atoms with van der Waals surface area (Å²) in [4.78, 5) is 17.2.